The molecule has 3 aliphatic carbocycles. The molecule has 0 aromatic heterocycles. The number of hydrogen-bond acceptors (Lipinski definition) is 1. The molecule has 0 aromatic rings. The molecule has 0 radical (unpaired) electrons. The van der Waals surface area contributed by atoms with Crippen LogP contribution in [0.15, 0.2) is 0 Å². The van der Waals surface area contributed by atoms with Gasteiger partial charge in [-0.1, -0.05) is 20.3 Å². The van der Waals surface area contributed by atoms with E-state index in [4.69, 9.17) is 0 Å². The van der Waals surface area contributed by atoms with Crippen molar-refractivity contribution in [2.24, 2.45) is 35.5 Å². The topological polar surface area (TPSA) is 17.1 Å². The second-order valence-corrected chi connectivity index (χ2v) is 7.15. The molecule has 3 saturated carbocycles. The Bertz CT molecular complexity index is 309. The standard InChI is InChI=1S/C16H26O/c1-10-3-5-14(7-11(10)2)16(17)15-9-12-4-6-13(15)8-12/h10-15H,3-9H2,1-2H3. The maximum Gasteiger partial charge on any atom is 0.139 e. The van der Waals surface area contributed by atoms with Gasteiger partial charge in [-0.2, -0.15) is 0 Å². The van der Waals surface area contributed by atoms with Crippen LogP contribution in [0.1, 0.15) is 58.8 Å². The molecule has 3 rings (SSSR count). The highest BCUT2D eigenvalue weighted by molar-refractivity contribution is 5.84. The number of hydrogen-bond donors (Lipinski definition) is 0. The first kappa shape index (κ1) is 11.7. The van der Waals surface area contributed by atoms with Gasteiger partial charge in [0.1, 0.15) is 5.78 Å². The lowest BCUT2D eigenvalue weighted by Crippen LogP contribution is -2.32. The SMILES string of the molecule is CC1CCC(C(=O)C2CC3CCC2C3)CC1C. The van der Waals surface area contributed by atoms with Crippen molar-refractivity contribution in [3.05, 3.63) is 0 Å². The summed E-state index contributed by atoms with van der Waals surface area (Å²) in [6, 6.07) is 0. The average Bonchev–Trinajstić information content (AvgIpc) is 2.93. The van der Waals surface area contributed by atoms with Gasteiger partial charge in [0.25, 0.3) is 0 Å². The van der Waals surface area contributed by atoms with Gasteiger partial charge in [-0.05, 0) is 62.2 Å². The molecule has 96 valence electrons. The van der Waals surface area contributed by atoms with Crippen LogP contribution in [0.2, 0.25) is 0 Å². The molecule has 0 aromatic carbocycles. The minimum atomic E-state index is 0.422. The molecule has 1 heteroatoms. The summed E-state index contributed by atoms with van der Waals surface area (Å²) in [4.78, 5) is 12.6. The number of rotatable bonds is 2. The normalized spacial score (nSPS) is 49.5. The molecule has 2 bridgehead atoms. The van der Waals surface area contributed by atoms with Gasteiger partial charge in [-0.15, -0.1) is 0 Å². The Morgan fingerprint density at radius 3 is 2.29 bits per heavy atom. The van der Waals surface area contributed by atoms with Crippen LogP contribution in [0.3, 0.4) is 0 Å². The molecule has 0 spiro atoms. The smallest absolute Gasteiger partial charge is 0.139 e. The fourth-order valence-electron chi connectivity index (χ4n) is 4.70. The van der Waals surface area contributed by atoms with E-state index in [9.17, 15) is 4.79 Å². The zero-order valence-corrected chi connectivity index (χ0v) is 11.3. The van der Waals surface area contributed by atoms with Crippen molar-refractivity contribution in [3.8, 4) is 0 Å². The van der Waals surface area contributed by atoms with E-state index in [1.165, 1.54) is 44.9 Å². The summed E-state index contributed by atoms with van der Waals surface area (Å²) in [5, 5.41) is 0. The number of Topliss-reactive ketones (excluding diaryl/α,β-unsaturated/α-hetero) is 1. The lowest BCUT2D eigenvalue weighted by atomic mass is 9.70. The van der Waals surface area contributed by atoms with Gasteiger partial charge in [-0.3, -0.25) is 4.79 Å². The molecular weight excluding hydrogens is 208 g/mol. The van der Waals surface area contributed by atoms with Crippen LogP contribution in [0.5, 0.6) is 0 Å². The molecule has 0 aliphatic heterocycles. The first-order valence-electron chi connectivity index (χ1n) is 7.69. The number of ketones is 1. The van der Waals surface area contributed by atoms with E-state index in [1.54, 1.807) is 0 Å². The Kier molecular flexibility index (Phi) is 3.04. The van der Waals surface area contributed by atoms with Crippen LogP contribution < -0.4 is 0 Å². The highest BCUT2D eigenvalue weighted by Gasteiger charge is 2.45. The summed E-state index contributed by atoms with van der Waals surface area (Å²) in [5.74, 6) is 4.84. The summed E-state index contributed by atoms with van der Waals surface area (Å²) in [7, 11) is 0. The van der Waals surface area contributed by atoms with Crippen molar-refractivity contribution in [1.82, 2.24) is 0 Å². The minimum absolute atomic E-state index is 0.422. The van der Waals surface area contributed by atoms with Crippen LogP contribution in [0, 0.1) is 35.5 Å². The van der Waals surface area contributed by atoms with Crippen LogP contribution in [-0.2, 0) is 4.79 Å². The van der Waals surface area contributed by atoms with Crippen LogP contribution in [0.4, 0.5) is 0 Å². The average molecular weight is 234 g/mol. The summed E-state index contributed by atoms with van der Waals surface area (Å²) in [5.41, 5.74) is 0. The predicted octanol–water partition coefficient (Wildman–Crippen LogP) is 4.06. The van der Waals surface area contributed by atoms with E-state index in [0.29, 0.717) is 17.6 Å². The van der Waals surface area contributed by atoms with Crippen LogP contribution in [0.25, 0.3) is 0 Å². The molecule has 1 nitrogen and oxygen atoms in total. The van der Waals surface area contributed by atoms with Crippen molar-refractivity contribution < 1.29 is 4.79 Å². The zero-order valence-electron chi connectivity index (χ0n) is 11.3. The second-order valence-electron chi connectivity index (χ2n) is 7.15. The second kappa shape index (κ2) is 4.40. The molecule has 0 heterocycles. The molecule has 3 aliphatic rings. The van der Waals surface area contributed by atoms with E-state index < -0.39 is 0 Å². The van der Waals surface area contributed by atoms with E-state index in [-0.39, 0.29) is 0 Å². The number of carbonyl (C=O) groups is 1. The maximum absolute atomic E-state index is 12.6. The summed E-state index contributed by atoms with van der Waals surface area (Å²) in [6.45, 7) is 4.69. The first-order valence-corrected chi connectivity index (χ1v) is 7.69. The molecule has 0 N–H and O–H groups in total. The molecule has 6 atom stereocenters. The van der Waals surface area contributed by atoms with Crippen molar-refractivity contribution in [1.29, 1.82) is 0 Å². The Morgan fingerprint density at radius 1 is 0.882 bits per heavy atom. The Labute approximate surface area is 105 Å². The minimum Gasteiger partial charge on any atom is -0.299 e. The van der Waals surface area contributed by atoms with E-state index in [2.05, 4.69) is 13.8 Å². The van der Waals surface area contributed by atoms with Gasteiger partial charge >= 0.3 is 0 Å². The van der Waals surface area contributed by atoms with Gasteiger partial charge in [-0.25, -0.2) is 0 Å². The largest absolute Gasteiger partial charge is 0.299 e. The van der Waals surface area contributed by atoms with E-state index in [1.807, 2.05) is 0 Å². The quantitative estimate of drug-likeness (QED) is 0.704. The van der Waals surface area contributed by atoms with Gasteiger partial charge in [0.05, 0.1) is 0 Å². The van der Waals surface area contributed by atoms with E-state index in [0.717, 1.165) is 23.7 Å². The van der Waals surface area contributed by atoms with Crippen LogP contribution >= 0.6 is 0 Å². The van der Waals surface area contributed by atoms with Crippen molar-refractivity contribution >= 4 is 5.78 Å². The third kappa shape index (κ3) is 2.06. The third-order valence-electron chi connectivity index (χ3n) is 6.10. The van der Waals surface area contributed by atoms with Crippen LogP contribution in [-0.4, -0.2) is 5.78 Å². The molecule has 0 amide bonds. The third-order valence-corrected chi connectivity index (χ3v) is 6.10. The lowest BCUT2D eigenvalue weighted by molar-refractivity contribution is -0.130. The van der Waals surface area contributed by atoms with Crippen molar-refractivity contribution in [3.63, 3.8) is 0 Å². The fourth-order valence-corrected chi connectivity index (χ4v) is 4.70. The van der Waals surface area contributed by atoms with Crippen molar-refractivity contribution in [2.45, 2.75) is 58.8 Å². The zero-order chi connectivity index (χ0) is 12.0. The molecule has 17 heavy (non-hydrogen) atoms. The Morgan fingerprint density at radius 2 is 1.71 bits per heavy atom. The summed E-state index contributed by atoms with van der Waals surface area (Å²) < 4.78 is 0. The lowest BCUT2D eigenvalue weighted by Gasteiger charge is -2.34. The Balaban J connectivity index is 1.63. The summed E-state index contributed by atoms with van der Waals surface area (Å²) >= 11 is 0. The molecule has 3 fully saturated rings. The van der Waals surface area contributed by atoms with Gasteiger partial charge in [0, 0.05) is 11.8 Å². The highest BCUT2D eigenvalue weighted by atomic mass is 16.1. The molecular formula is C16H26O. The first-order chi connectivity index (χ1) is 8.15. The van der Waals surface area contributed by atoms with Gasteiger partial charge < -0.3 is 0 Å². The van der Waals surface area contributed by atoms with E-state index >= 15 is 0 Å². The number of carbonyl (C=O) groups excluding carboxylic acids is 1. The molecule has 6 unspecified atom stereocenters. The number of fused-ring (bicyclic) bond motifs is 2. The Hall–Kier alpha value is -0.330. The van der Waals surface area contributed by atoms with Crippen molar-refractivity contribution in [2.75, 3.05) is 0 Å². The predicted molar refractivity (Wildman–Crippen MR) is 69.6 cm³/mol. The molecule has 0 saturated heterocycles. The highest BCUT2D eigenvalue weighted by Crippen LogP contribution is 2.50. The maximum atomic E-state index is 12.6. The van der Waals surface area contributed by atoms with Gasteiger partial charge in [0.2, 0.25) is 0 Å². The monoisotopic (exact) mass is 234 g/mol. The summed E-state index contributed by atoms with van der Waals surface area (Å²) in [6.07, 6.45) is 9.00. The fraction of sp³-hybridized carbons (Fsp3) is 0.938. The van der Waals surface area contributed by atoms with Gasteiger partial charge in [0.15, 0.2) is 0 Å².